The van der Waals surface area contributed by atoms with E-state index < -0.39 is 6.10 Å². The first-order valence-corrected chi connectivity index (χ1v) is 6.10. The van der Waals surface area contributed by atoms with Crippen LogP contribution in [0, 0.1) is 0 Å². The monoisotopic (exact) mass is 276 g/mol. The van der Waals surface area contributed by atoms with Gasteiger partial charge in [-0.15, -0.1) is 0 Å². The maximum absolute atomic E-state index is 11.2. The largest absolute Gasteiger partial charge is 0.458 e. The molecule has 1 atom stereocenters. The Morgan fingerprint density at radius 1 is 1.37 bits per heavy atom. The van der Waals surface area contributed by atoms with Gasteiger partial charge in [-0.3, -0.25) is 4.79 Å². The molecule has 19 heavy (non-hydrogen) atoms. The number of Topliss-reactive ketones (excluding diaryl/α,β-unsaturated/α-hetero) is 1. The fourth-order valence-corrected chi connectivity index (χ4v) is 1.85. The van der Waals surface area contributed by atoms with Crippen molar-refractivity contribution in [3.8, 4) is 11.3 Å². The van der Waals surface area contributed by atoms with Crippen LogP contribution in [-0.2, 0) is 4.79 Å². The first kappa shape index (κ1) is 13.6. The van der Waals surface area contributed by atoms with Crippen molar-refractivity contribution >= 4 is 17.4 Å². The number of benzene rings is 1. The van der Waals surface area contributed by atoms with Crippen molar-refractivity contribution in [2.24, 2.45) is 0 Å². The van der Waals surface area contributed by atoms with Crippen LogP contribution in [0.2, 0.25) is 5.02 Å². The lowest BCUT2D eigenvalue weighted by Crippen LogP contribution is -2.06. The predicted molar refractivity (Wildman–Crippen MR) is 73.9 cm³/mol. The minimum absolute atomic E-state index is 0.104. The zero-order chi connectivity index (χ0) is 14.0. The summed E-state index contributed by atoms with van der Waals surface area (Å²) in [7, 11) is 0. The van der Waals surface area contributed by atoms with E-state index in [1.165, 1.54) is 6.92 Å². The van der Waals surface area contributed by atoms with E-state index in [1.54, 1.807) is 24.3 Å². The van der Waals surface area contributed by atoms with E-state index in [0.717, 1.165) is 5.56 Å². The second-order valence-electron chi connectivity index (χ2n) is 4.20. The van der Waals surface area contributed by atoms with E-state index >= 15 is 0 Å². The van der Waals surface area contributed by atoms with Crippen LogP contribution in [0.3, 0.4) is 0 Å². The fraction of sp³-hybridized carbons (Fsp3) is 0.133. The highest BCUT2D eigenvalue weighted by Gasteiger charge is 2.19. The number of carbonyl (C=O) groups excluding carboxylic acids is 1. The van der Waals surface area contributed by atoms with E-state index in [2.05, 4.69) is 6.58 Å². The Labute approximate surface area is 116 Å². The topological polar surface area (TPSA) is 50.4 Å². The molecule has 1 aromatic carbocycles. The van der Waals surface area contributed by atoms with Crippen LogP contribution in [-0.4, -0.2) is 10.9 Å². The highest BCUT2D eigenvalue weighted by molar-refractivity contribution is 6.30. The normalized spacial score (nSPS) is 12.2. The average Bonchev–Trinajstić information content (AvgIpc) is 2.86. The van der Waals surface area contributed by atoms with Gasteiger partial charge >= 0.3 is 0 Å². The number of furan rings is 1. The molecule has 2 aromatic rings. The molecule has 0 aliphatic heterocycles. The van der Waals surface area contributed by atoms with Gasteiger partial charge in [0.05, 0.1) is 0 Å². The van der Waals surface area contributed by atoms with Gasteiger partial charge in [0.2, 0.25) is 0 Å². The van der Waals surface area contributed by atoms with Crippen LogP contribution >= 0.6 is 11.6 Å². The highest BCUT2D eigenvalue weighted by atomic mass is 35.5. The van der Waals surface area contributed by atoms with E-state index in [-0.39, 0.29) is 17.1 Å². The third-order valence-electron chi connectivity index (χ3n) is 2.79. The Morgan fingerprint density at radius 3 is 2.74 bits per heavy atom. The molecule has 0 spiro atoms. The molecule has 0 aliphatic carbocycles. The summed E-state index contributed by atoms with van der Waals surface area (Å²) in [5, 5.41) is 10.5. The summed E-state index contributed by atoms with van der Waals surface area (Å²) in [4.78, 5) is 11.2. The maximum atomic E-state index is 11.2. The lowest BCUT2D eigenvalue weighted by atomic mass is 10.1. The van der Waals surface area contributed by atoms with Crippen molar-refractivity contribution in [3.05, 3.63) is 59.3 Å². The van der Waals surface area contributed by atoms with Gasteiger partial charge in [-0.05, 0) is 31.2 Å². The zero-order valence-corrected chi connectivity index (χ0v) is 11.1. The van der Waals surface area contributed by atoms with Crippen molar-refractivity contribution in [2.75, 3.05) is 0 Å². The Balaban J connectivity index is 2.29. The predicted octanol–water partition coefficient (Wildman–Crippen LogP) is 3.78. The minimum Gasteiger partial charge on any atom is -0.458 e. The quantitative estimate of drug-likeness (QED) is 0.865. The molecule has 0 amide bonds. The van der Waals surface area contributed by atoms with Crippen molar-refractivity contribution in [1.82, 2.24) is 0 Å². The Hall–Kier alpha value is -1.84. The van der Waals surface area contributed by atoms with Gasteiger partial charge in [-0.2, -0.15) is 0 Å². The van der Waals surface area contributed by atoms with E-state index in [4.69, 9.17) is 16.0 Å². The zero-order valence-electron chi connectivity index (χ0n) is 10.4. The van der Waals surface area contributed by atoms with Crippen LogP contribution < -0.4 is 0 Å². The maximum Gasteiger partial charge on any atom is 0.158 e. The van der Waals surface area contributed by atoms with Gasteiger partial charge in [-0.25, -0.2) is 0 Å². The first-order chi connectivity index (χ1) is 8.99. The van der Waals surface area contributed by atoms with Gasteiger partial charge in [0, 0.05) is 16.2 Å². The van der Waals surface area contributed by atoms with E-state index in [0.29, 0.717) is 10.8 Å². The molecular weight excluding hydrogens is 264 g/mol. The number of rotatable bonds is 4. The summed E-state index contributed by atoms with van der Waals surface area (Å²) in [6.45, 7) is 4.90. The second-order valence-corrected chi connectivity index (χ2v) is 4.63. The van der Waals surface area contributed by atoms with Crippen molar-refractivity contribution in [2.45, 2.75) is 13.0 Å². The summed E-state index contributed by atoms with van der Waals surface area (Å²) < 4.78 is 5.54. The minimum atomic E-state index is -1.12. The Morgan fingerprint density at radius 2 is 2.11 bits per heavy atom. The molecule has 1 aromatic heterocycles. The van der Waals surface area contributed by atoms with E-state index in [9.17, 15) is 9.90 Å². The number of hydrogen-bond donors (Lipinski definition) is 1. The smallest absolute Gasteiger partial charge is 0.158 e. The summed E-state index contributed by atoms with van der Waals surface area (Å²) >= 11 is 5.91. The molecule has 0 saturated carbocycles. The number of halogens is 1. The number of hydrogen-bond acceptors (Lipinski definition) is 3. The molecule has 1 unspecified atom stereocenters. The molecule has 0 fully saturated rings. The Kier molecular flexibility index (Phi) is 3.88. The second kappa shape index (κ2) is 5.43. The van der Waals surface area contributed by atoms with Crippen LogP contribution in [0.25, 0.3) is 11.3 Å². The van der Waals surface area contributed by atoms with Gasteiger partial charge in [0.25, 0.3) is 0 Å². The molecule has 0 aliphatic rings. The van der Waals surface area contributed by atoms with Crippen LogP contribution in [0.1, 0.15) is 18.8 Å². The molecule has 4 heteroatoms. The fourth-order valence-electron chi connectivity index (χ4n) is 1.66. The van der Waals surface area contributed by atoms with Crippen LogP contribution in [0.15, 0.2) is 53.0 Å². The third kappa shape index (κ3) is 2.95. The molecule has 0 radical (unpaired) electrons. The number of ketones is 1. The molecular formula is C15H13ClO3. The molecule has 2 rings (SSSR count). The third-order valence-corrected chi connectivity index (χ3v) is 3.02. The van der Waals surface area contributed by atoms with Gasteiger partial charge in [-0.1, -0.05) is 30.3 Å². The number of carbonyl (C=O) groups is 1. The lowest BCUT2D eigenvalue weighted by molar-refractivity contribution is -0.114. The standard InChI is InChI=1S/C15H13ClO3/c1-9(10(2)17)15(18)14-7-6-13(19-14)11-4-3-5-12(16)8-11/h3-8,15,18H,1H2,2H3. The molecule has 0 bridgehead atoms. The first-order valence-electron chi connectivity index (χ1n) is 5.72. The summed E-state index contributed by atoms with van der Waals surface area (Å²) in [5.41, 5.74) is 0.909. The molecule has 1 N–H and O–H groups in total. The number of aliphatic hydroxyl groups is 1. The van der Waals surface area contributed by atoms with Crippen molar-refractivity contribution in [3.63, 3.8) is 0 Å². The lowest BCUT2D eigenvalue weighted by Gasteiger charge is -2.08. The SMILES string of the molecule is C=C(C(C)=O)C(O)c1ccc(-c2cccc(Cl)c2)o1. The molecule has 3 nitrogen and oxygen atoms in total. The van der Waals surface area contributed by atoms with Crippen molar-refractivity contribution in [1.29, 1.82) is 0 Å². The van der Waals surface area contributed by atoms with Gasteiger partial charge in [0.1, 0.15) is 17.6 Å². The molecule has 98 valence electrons. The molecule has 1 heterocycles. The van der Waals surface area contributed by atoms with E-state index in [1.807, 2.05) is 12.1 Å². The van der Waals surface area contributed by atoms with Crippen molar-refractivity contribution < 1.29 is 14.3 Å². The van der Waals surface area contributed by atoms with Crippen LogP contribution in [0.5, 0.6) is 0 Å². The van der Waals surface area contributed by atoms with Gasteiger partial charge in [0.15, 0.2) is 5.78 Å². The Bertz CT molecular complexity index is 628. The summed E-state index contributed by atoms with van der Waals surface area (Å²) in [5.74, 6) is 0.594. The summed E-state index contributed by atoms with van der Waals surface area (Å²) in [6, 6.07) is 10.5. The average molecular weight is 277 g/mol. The highest BCUT2D eigenvalue weighted by Crippen LogP contribution is 2.29. The number of aliphatic hydroxyl groups excluding tert-OH is 1. The summed E-state index contributed by atoms with van der Waals surface area (Å²) in [6.07, 6.45) is -1.12. The van der Waals surface area contributed by atoms with Crippen LogP contribution in [0.4, 0.5) is 0 Å². The van der Waals surface area contributed by atoms with Gasteiger partial charge < -0.3 is 9.52 Å². The molecule has 0 saturated heterocycles.